The van der Waals surface area contributed by atoms with Gasteiger partial charge in [0.1, 0.15) is 0 Å². The smallest absolute Gasteiger partial charge is 0.255 e. The topological polar surface area (TPSA) is 54.6 Å². The maximum atomic E-state index is 12.9. The number of carbonyl (C=O) groups is 1. The SMILES string of the molecule is CCOCC12CCCOC1CCN(C(=O)c1cc(C)[nH]c1C)C2. The molecule has 5 heteroatoms. The molecule has 23 heavy (non-hydrogen) atoms. The van der Waals surface area contributed by atoms with E-state index in [4.69, 9.17) is 9.47 Å². The standard InChI is InChI=1S/C18H28N2O3/c1-4-22-12-18-7-5-9-23-16(18)6-8-20(11-18)17(21)15-10-13(2)19-14(15)3/h10,16,19H,4-9,11-12H2,1-3H3. The van der Waals surface area contributed by atoms with Crippen LogP contribution in [0.4, 0.5) is 0 Å². The van der Waals surface area contributed by atoms with Crippen LogP contribution in [0, 0.1) is 19.3 Å². The van der Waals surface area contributed by atoms with Crippen LogP contribution >= 0.6 is 0 Å². The second kappa shape index (κ2) is 6.65. The minimum atomic E-state index is -0.0403. The van der Waals surface area contributed by atoms with Gasteiger partial charge in [-0.3, -0.25) is 4.79 Å². The summed E-state index contributed by atoms with van der Waals surface area (Å²) in [7, 11) is 0. The van der Waals surface area contributed by atoms with E-state index in [2.05, 4.69) is 4.98 Å². The number of aryl methyl sites for hydroxylation is 2. The van der Waals surface area contributed by atoms with Crippen LogP contribution < -0.4 is 0 Å². The molecule has 2 unspecified atom stereocenters. The number of carbonyl (C=O) groups excluding carboxylic acids is 1. The number of hydrogen-bond donors (Lipinski definition) is 1. The van der Waals surface area contributed by atoms with Gasteiger partial charge in [0, 0.05) is 43.1 Å². The summed E-state index contributed by atoms with van der Waals surface area (Å²) in [6, 6.07) is 1.95. The summed E-state index contributed by atoms with van der Waals surface area (Å²) in [6.07, 6.45) is 3.25. The Labute approximate surface area is 138 Å². The van der Waals surface area contributed by atoms with Crippen molar-refractivity contribution in [1.29, 1.82) is 0 Å². The molecule has 1 aromatic heterocycles. The predicted molar refractivity (Wildman–Crippen MR) is 88.7 cm³/mol. The summed E-state index contributed by atoms with van der Waals surface area (Å²) in [5.41, 5.74) is 2.74. The van der Waals surface area contributed by atoms with E-state index in [0.29, 0.717) is 13.2 Å². The van der Waals surface area contributed by atoms with Crippen LogP contribution in [-0.4, -0.2) is 54.8 Å². The monoisotopic (exact) mass is 320 g/mol. The van der Waals surface area contributed by atoms with Crippen molar-refractivity contribution in [2.75, 3.05) is 32.9 Å². The summed E-state index contributed by atoms with van der Waals surface area (Å²) >= 11 is 0. The summed E-state index contributed by atoms with van der Waals surface area (Å²) in [6.45, 7) is 9.70. The van der Waals surface area contributed by atoms with Crippen LogP contribution in [0.25, 0.3) is 0 Å². The number of rotatable bonds is 4. The van der Waals surface area contributed by atoms with Crippen molar-refractivity contribution in [3.05, 3.63) is 23.0 Å². The van der Waals surface area contributed by atoms with E-state index in [1.165, 1.54) is 0 Å². The maximum Gasteiger partial charge on any atom is 0.255 e. The van der Waals surface area contributed by atoms with E-state index in [9.17, 15) is 4.79 Å². The van der Waals surface area contributed by atoms with Crippen LogP contribution in [-0.2, 0) is 9.47 Å². The zero-order valence-corrected chi connectivity index (χ0v) is 14.5. The number of nitrogens with one attached hydrogen (secondary N) is 1. The van der Waals surface area contributed by atoms with Crippen LogP contribution in [0.3, 0.4) is 0 Å². The number of nitrogens with zero attached hydrogens (tertiary/aromatic N) is 1. The molecule has 2 atom stereocenters. The number of piperidine rings is 1. The molecular weight excluding hydrogens is 292 g/mol. The van der Waals surface area contributed by atoms with Gasteiger partial charge in [-0.1, -0.05) is 0 Å². The van der Waals surface area contributed by atoms with Crippen molar-refractivity contribution >= 4 is 5.91 Å². The van der Waals surface area contributed by atoms with E-state index < -0.39 is 0 Å². The molecular formula is C18H28N2O3. The number of hydrogen-bond acceptors (Lipinski definition) is 3. The van der Waals surface area contributed by atoms with Crippen molar-refractivity contribution < 1.29 is 14.3 Å². The Hall–Kier alpha value is -1.33. The Kier molecular flexibility index (Phi) is 4.78. The Balaban J connectivity index is 1.79. The first kappa shape index (κ1) is 16.5. The van der Waals surface area contributed by atoms with E-state index in [0.717, 1.165) is 55.9 Å². The van der Waals surface area contributed by atoms with Crippen molar-refractivity contribution in [3.63, 3.8) is 0 Å². The number of amides is 1. The van der Waals surface area contributed by atoms with Crippen molar-refractivity contribution in [3.8, 4) is 0 Å². The van der Waals surface area contributed by atoms with Crippen LogP contribution in [0.5, 0.6) is 0 Å². The van der Waals surface area contributed by atoms with Gasteiger partial charge >= 0.3 is 0 Å². The molecule has 128 valence electrons. The lowest BCUT2D eigenvalue weighted by molar-refractivity contribution is -0.146. The molecule has 0 saturated carbocycles. The molecule has 3 rings (SSSR count). The van der Waals surface area contributed by atoms with Crippen LogP contribution in [0.15, 0.2) is 6.07 Å². The molecule has 2 aliphatic rings. The van der Waals surface area contributed by atoms with Gasteiger partial charge in [-0.05, 0) is 46.1 Å². The Morgan fingerprint density at radius 2 is 2.35 bits per heavy atom. The largest absolute Gasteiger partial charge is 0.381 e. The molecule has 2 aliphatic heterocycles. The molecule has 0 aromatic carbocycles. The van der Waals surface area contributed by atoms with Gasteiger partial charge in [-0.25, -0.2) is 0 Å². The summed E-state index contributed by atoms with van der Waals surface area (Å²) in [5.74, 6) is 0.131. The molecule has 0 bridgehead atoms. The molecule has 0 radical (unpaired) electrons. The molecule has 0 aliphatic carbocycles. The highest BCUT2D eigenvalue weighted by Crippen LogP contribution is 2.40. The third-order valence-corrected chi connectivity index (χ3v) is 5.25. The van der Waals surface area contributed by atoms with Gasteiger partial charge in [0.05, 0.1) is 18.3 Å². The number of aromatic amines is 1. The van der Waals surface area contributed by atoms with Gasteiger partial charge in [-0.15, -0.1) is 0 Å². The lowest BCUT2D eigenvalue weighted by Crippen LogP contribution is -2.58. The van der Waals surface area contributed by atoms with Gasteiger partial charge < -0.3 is 19.4 Å². The quantitative estimate of drug-likeness (QED) is 0.928. The van der Waals surface area contributed by atoms with E-state index in [1.54, 1.807) is 0 Å². The first-order valence-corrected chi connectivity index (χ1v) is 8.70. The van der Waals surface area contributed by atoms with E-state index >= 15 is 0 Å². The third kappa shape index (κ3) is 3.17. The van der Waals surface area contributed by atoms with Crippen LogP contribution in [0.1, 0.15) is 47.9 Å². The number of fused-ring (bicyclic) bond motifs is 1. The molecule has 2 saturated heterocycles. The molecule has 5 nitrogen and oxygen atoms in total. The first-order chi connectivity index (χ1) is 11.1. The number of ether oxygens (including phenoxy) is 2. The van der Waals surface area contributed by atoms with Gasteiger partial charge in [0.15, 0.2) is 0 Å². The second-order valence-electron chi connectivity index (χ2n) is 6.97. The first-order valence-electron chi connectivity index (χ1n) is 8.70. The average Bonchev–Trinajstić information content (AvgIpc) is 2.90. The number of H-pyrrole nitrogens is 1. The molecule has 2 fully saturated rings. The average molecular weight is 320 g/mol. The van der Waals surface area contributed by atoms with Gasteiger partial charge in [0.25, 0.3) is 5.91 Å². The van der Waals surface area contributed by atoms with E-state index in [1.807, 2.05) is 31.7 Å². The third-order valence-electron chi connectivity index (χ3n) is 5.25. The maximum absolute atomic E-state index is 12.9. The molecule has 1 aromatic rings. The minimum absolute atomic E-state index is 0.0403. The molecule has 0 spiro atoms. The lowest BCUT2D eigenvalue weighted by Gasteiger charge is -2.50. The highest BCUT2D eigenvalue weighted by molar-refractivity contribution is 5.95. The highest BCUT2D eigenvalue weighted by atomic mass is 16.5. The Morgan fingerprint density at radius 1 is 1.52 bits per heavy atom. The molecule has 1 N–H and O–H groups in total. The molecule has 1 amide bonds. The summed E-state index contributed by atoms with van der Waals surface area (Å²) < 4.78 is 11.8. The fourth-order valence-corrected chi connectivity index (χ4v) is 4.10. The van der Waals surface area contributed by atoms with Crippen molar-refractivity contribution in [1.82, 2.24) is 9.88 Å². The zero-order chi connectivity index (χ0) is 16.4. The zero-order valence-electron chi connectivity index (χ0n) is 14.5. The van der Waals surface area contributed by atoms with Gasteiger partial charge in [0.2, 0.25) is 0 Å². The Morgan fingerprint density at radius 3 is 3.04 bits per heavy atom. The number of likely N-dealkylation sites (tertiary alicyclic amines) is 1. The van der Waals surface area contributed by atoms with Crippen molar-refractivity contribution in [2.45, 2.75) is 46.1 Å². The Bertz CT molecular complexity index is 569. The summed E-state index contributed by atoms with van der Waals surface area (Å²) in [5, 5.41) is 0. The fourth-order valence-electron chi connectivity index (χ4n) is 4.10. The fraction of sp³-hybridized carbons (Fsp3) is 0.722. The van der Waals surface area contributed by atoms with Crippen LogP contribution in [0.2, 0.25) is 0 Å². The van der Waals surface area contributed by atoms with E-state index in [-0.39, 0.29) is 17.4 Å². The normalized spacial score (nSPS) is 27.8. The molecule has 3 heterocycles. The summed E-state index contributed by atoms with van der Waals surface area (Å²) in [4.78, 5) is 18.2. The van der Waals surface area contributed by atoms with Gasteiger partial charge in [-0.2, -0.15) is 0 Å². The highest BCUT2D eigenvalue weighted by Gasteiger charge is 2.47. The van der Waals surface area contributed by atoms with Crippen molar-refractivity contribution in [2.24, 2.45) is 5.41 Å². The minimum Gasteiger partial charge on any atom is -0.381 e. The lowest BCUT2D eigenvalue weighted by atomic mass is 9.73. The predicted octanol–water partition coefficient (Wildman–Crippen LogP) is 2.68. The second-order valence-corrected chi connectivity index (χ2v) is 6.97. The number of aromatic nitrogens is 1.